The Morgan fingerprint density at radius 1 is 1.38 bits per heavy atom. The Morgan fingerprint density at radius 3 is 2.62 bits per heavy atom. The molecule has 0 heterocycles. The van der Waals surface area contributed by atoms with Crippen LogP contribution in [-0.2, 0) is 4.74 Å². The molecule has 0 saturated carbocycles. The highest BCUT2D eigenvalue weighted by molar-refractivity contribution is 5.41. The van der Waals surface area contributed by atoms with Crippen LogP contribution in [0.2, 0.25) is 0 Å². The fourth-order valence-electron chi connectivity index (χ4n) is 2.10. The van der Waals surface area contributed by atoms with Gasteiger partial charge in [-0.05, 0) is 38.3 Å². The predicted octanol–water partition coefficient (Wildman–Crippen LogP) is 1.33. The Balaban J connectivity index is 2.72. The van der Waals surface area contributed by atoms with Gasteiger partial charge in [-0.15, -0.1) is 0 Å². The highest BCUT2D eigenvalue weighted by Crippen LogP contribution is 2.22. The molecule has 0 aromatic heterocycles. The van der Waals surface area contributed by atoms with Crippen LogP contribution in [0.25, 0.3) is 0 Å². The third-order valence-corrected chi connectivity index (χ3v) is 3.32. The second-order valence-electron chi connectivity index (χ2n) is 5.42. The molecular formula is C17H24O4. The SMILES string of the molecule is C=C(C#CC1=CC(O)C(OC)C(O)C1O)CCC=C(C)C. The largest absolute Gasteiger partial charge is 0.387 e. The standard InChI is InChI=1S/C17H24O4/c1-11(2)6-5-7-12(3)8-9-13-10-14(18)17(21-4)16(20)15(13)19/h6,10,14-20H,3,5,7H2,1-2,4H3. The zero-order valence-corrected chi connectivity index (χ0v) is 12.8. The number of aliphatic hydroxyl groups is 3. The van der Waals surface area contributed by atoms with E-state index < -0.39 is 24.4 Å². The van der Waals surface area contributed by atoms with E-state index in [0.717, 1.165) is 18.4 Å². The van der Waals surface area contributed by atoms with Crippen molar-refractivity contribution in [2.24, 2.45) is 0 Å². The maximum Gasteiger partial charge on any atom is 0.115 e. The Kier molecular flexibility index (Phi) is 6.86. The Morgan fingerprint density at radius 2 is 2.05 bits per heavy atom. The Labute approximate surface area is 126 Å². The minimum atomic E-state index is -1.20. The van der Waals surface area contributed by atoms with Gasteiger partial charge < -0.3 is 20.1 Å². The zero-order valence-electron chi connectivity index (χ0n) is 12.8. The van der Waals surface area contributed by atoms with Gasteiger partial charge >= 0.3 is 0 Å². The Bertz CT molecular complexity index is 489. The molecule has 4 heteroatoms. The van der Waals surface area contributed by atoms with E-state index in [2.05, 4.69) is 24.5 Å². The lowest BCUT2D eigenvalue weighted by Gasteiger charge is -2.32. The molecule has 4 nitrogen and oxygen atoms in total. The quantitative estimate of drug-likeness (QED) is 0.540. The van der Waals surface area contributed by atoms with Crippen molar-refractivity contribution in [3.05, 3.63) is 35.5 Å². The van der Waals surface area contributed by atoms with Crippen molar-refractivity contribution in [1.29, 1.82) is 0 Å². The Hall–Kier alpha value is -1.38. The summed E-state index contributed by atoms with van der Waals surface area (Å²) in [6, 6.07) is 0. The molecule has 0 bridgehead atoms. The summed E-state index contributed by atoms with van der Waals surface area (Å²) in [5, 5.41) is 29.7. The summed E-state index contributed by atoms with van der Waals surface area (Å²) in [6.07, 6.45) is 0.958. The first-order valence-corrected chi connectivity index (χ1v) is 6.98. The molecule has 0 aromatic carbocycles. The lowest BCUT2D eigenvalue weighted by Crippen LogP contribution is -2.49. The van der Waals surface area contributed by atoms with Crippen molar-refractivity contribution in [3.8, 4) is 11.8 Å². The minimum Gasteiger partial charge on any atom is -0.387 e. The van der Waals surface area contributed by atoms with Gasteiger partial charge in [-0.1, -0.05) is 30.1 Å². The van der Waals surface area contributed by atoms with Gasteiger partial charge in [0.05, 0.1) is 0 Å². The normalized spacial score (nSPS) is 28.2. The number of hydrogen-bond donors (Lipinski definition) is 3. The van der Waals surface area contributed by atoms with Crippen LogP contribution >= 0.6 is 0 Å². The van der Waals surface area contributed by atoms with Crippen molar-refractivity contribution >= 4 is 0 Å². The molecule has 1 aliphatic carbocycles. The molecule has 0 fully saturated rings. The van der Waals surface area contributed by atoms with Gasteiger partial charge in [0, 0.05) is 12.7 Å². The fourth-order valence-corrected chi connectivity index (χ4v) is 2.10. The first-order valence-electron chi connectivity index (χ1n) is 6.98. The van der Waals surface area contributed by atoms with Gasteiger partial charge in [-0.3, -0.25) is 0 Å². The summed E-state index contributed by atoms with van der Waals surface area (Å²) in [4.78, 5) is 0. The molecule has 0 aliphatic heterocycles. The molecule has 0 saturated heterocycles. The second kappa shape index (κ2) is 8.16. The van der Waals surface area contributed by atoms with Crippen LogP contribution < -0.4 is 0 Å². The topological polar surface area (TPSA) is 69.9 Å². The molecule has 0 spiro atoms. The third kappa shape index (κ3) is 5.14. The smallest absolute Gasteiger partial charge is 0.115 e. The number of allylic oxidation sites excluding steroid dienone is 3. The molecule has 116 valence electrons. The first kappa shape index (κ1) is 17.7. The molecule has 4 atom stereocenters. The summed E-state index contributed by atoms with van der Waals surface area (Å²) < 4.78 is 4.96. The van der Waals surface area contributed by atoms with Gasteiger partial charge in [-0.2, -0.15) is 0 Å². The summed E-state index contributed by atoms with van der Waals surface area (Å²) in [7, 11) is 1.37. The van der Waals surface area contributed by atoms with E-state index in [-0.39, 0.29) is 0 Å². The van der Waals surface area contributed by atoms with Crippen LogP contribution in [0, 0.1) is 11.8 Å². The number of aliphatic hydroxyl groups excluding tert-OH is 3. The number of hydrogen-bond acceptors (Lipinski definition) is 4. The average Bonchev–Trinajstić information content (AvgIpc) is 2.41. The summed E-state index contributed by atoms with van der Waals surface area (Å²) >= 11 is 0. The number of methoxy groups -OCH3 is 1. The molecule has 3 N–H and O–H groups in total. The van der Waals surface area contributed by atoms with E-state index >= 15 is 0 Å². The van der Waals surface area contributed by atoms with Crippen LogP contribution in [0.5, 0.6) is 0 Å². The average molecular weight is 292 g/mol. The van der Waals surface area contributed by atoms with E-state index in [1.807, 2.05) is 13.8 Å². The van der Waals surface area contributed by atoms with Crippen LogP contribution in [0.4, 0.5) is 0 Å². The van der Waals surface area contributed by atoms with E-state index in [1.54, 1.807) is 0 Å². The molecule has 0 amide bonds. The molecule has 1 rings (SSSR count). The van der Waals surface area contributed by atoms with E-state index in [9.17, 15) is 15.3 Å². The lowest BCUT2D eigenvalue weighted by molar-refractivity contribution is -0.108. The molecule has 4 unspecified atom stereocenters. The van der Waals surface area contributed by atoms with Gasteiger partial charge in [0.1, 0.15) is 24.4 Å². The highest BCUT2D eigenvalue weighted by Gasteiger charge is 2.37. The van der Waals surface area contributed by atoms with Crippen molar-refractivity contribution in [1.82, 2.24) is 0 Å². The first-order chi connectivity index (χ1) is 9.86. The van der Waals surface area contributed by atoms with Gasteiger partial charge in [0.2, 0.25) is 0 Å². The fraction of sp³-hybridized carbons (Fsp3) is 0.529. The van der Waals surface area contributed by atoms with Gasteiger partial charge in [-0.25, -0.2) is 0 Å². The molecule has 0 aromatic rings. The van der Waals surface area contributed by atoms with Crippen LogP contribution in [0.3, 0.4) is 0 Å². The number of ether oxygens (including phenoxy) is 1. The highest BCUT2D eigenvalue weighted by atomic mass is 16.5. The summed E-state index contributed by atoms with van der Waals surface area (Å²) in [5.74, 6) is 5.65. The lowest BCUT2D eigenvalue weighted by atomic mass is 9.89. The molecule has 21 heavy (non-hydrogen) atoms. The predicted molar refractivity (Wildman–Crippen MR) is 82.5 cm³/mol. The number of rotatable bonds is 4. The molecule has 0 radical (unpaired) electrons. The van der Waals surface area contributed by atoms with Crippen LogP contribution in [0.1, 0.15) is 26.7 Å². The molecular weight excluding hydrogens is 268 g/mol. The maximum atomic E-state index is 9.97. The van der Waals surface area contributed by atoms with Crippen molar-refractivity contribution in [2.75, 3.05) is 7.11 Å². The maximum absolute atomic E-state index is 9.97. The van der Waals surface area contributed by atoms with Crippen molar-refractivity contribution < 1.29 is 20.1 Å². The van der Waals surface area contributed by atoms with Crippen molar-refractivity contribution in [2.45, 2.75) is 51.1 Å². The summed E-state index contributed by atoms with van der Waals surface area (Å²) in [6.45, 7) is 7.94. The molecule has 1 aliphatic rings. The van der Waals surface area contributed by atoms with Crippen LogP contribution in [0.15, 0.2) is 35.5 Å². The second-order valence-corrected chi connectivity index (χ2v) is 5.42. The van der Waals surface area contributed by atoms with Crippen molar-refractivity contribution in [3.63, 3.8) is 0 Å². The van der Waals surface area contributed by atoms with Gasteiger partial charge in [0.15, 0.2) is 0 Å². The monoisotopic (exact) mass is 292 g/mol. The van der Waals surface area contributed by atoms with E-state index in [1.165, 1.54) is 18.8 Å². The minimum absolute atomic E-state index is 0.298. The zero-order chi connectivity index (χ0) is 16.0. The summed E-state index contributed by atoms with van der Waals surface area (Å²) in [5.41, 5.74) is 2.29. The third-order valence-electron chi connectivity index (χ3n) is 3.32. The van der Waals surface area contributed by atoms with E-state index in [0.29, 0.717) is 5.57 Å². The van der Waals surface area contributed by atoms with Gasteiger partial charge in [0.25, 0.3) is 0 Å². The van der Waals surface area contributed by atoms with E-state index in [4.69, 9.17) is 4.74 Å². The van der Waals surface area contributed by atoms with Crippen LogP contribution in [-0.4, -0.2) is 46.8 Å².